The summed E-state index contributed by atoms with van der Waals surface area (Å²) < 4.78 is 50.3. The molecular formula is C12H14F4N2O. The first kappa shape index (κ1) is 15.3. The molecule has 0 saturated heterocycles. The Morgan fingerprint density at radius 1 is 1.32 bits per heavy atom. The molecule has 7 heteroatoms. The highest BCUT2D eigenvalue weighted by Gasteiger charge is 2.31. The van der Waals surface area contributed by atoms with Gasteiger partial charge in [-0.2, -0.15) is 13.2 Å². The number of carbonyl (C=O) groups excluding carboxylic acids is 1. The van der Waals surface area contributed by atoms with Crippen molar-refractivity contribution in [2.45, 2.75) is 19.5 Å². The molecule has 0 aliphatic rings. The number of carbonyl (C=O) groups is 1. The molecule has 0 spiro atoms. The summed E-state index contributed by atoms with van der Waals surface area (Å²) in [7, 11) is 0. The molecular weight excluding hydrogens is 264 g/mol. The van der Waals surface area contributed by atoms with Gasteiger partial charge in [-0.1, -0.05) is 0 Å². The van der Waals surface area contributed by atoms with Crippen LogP contribution in [0.1, 0.15) is 18.9 Å². The predicted molar refractivity (Wildman–Crippen MR) is 63.2 cm³/mol. The number of amides is 1. The van der Waals surface area contributed by atoms with E-state index < -0.39 is 17.6 Å². The zero-order chi connectivity index (χ0) is 14.5. The fourth-order valence-electron chi connectivity index (χ4n) is 1.43. The van der Waals surface area contributed by atoms with Crippen LogP contribution >= 0.6 is 0 Å². The summed E-state index contributed by atoms with van der Waals surface area (Å²) in [5, 5.41) is 5.13. The van der Waals surface area contributed by atoms with E-state index in [0.717, 1.165) is 12.1 Å². The van der Waals surface area contributed by atoms with Crippen LogP contribution in [0.25, 0.3) is 0 Å². The Hall–Kier alpha value is -1.79. The van der Waals surface area contributed by atoms with Crippen LogP contribution in [0, 0.1) is 5.82 Å². The smallest absolute Gasteiger partial charge is 0.382 e. The normalized spacial score (nSPS) is 11.2. The topological polar surface area (TPSA) is 41.1 Å². The highest BCUT2D eigenvalue weighted by molar-refractivity contribution is 5.76. The standard InChI is InChI=1S/C12H14F4N2O/c1-2-17-11(19)5-6-18-10-4-3-8(7-9(10)13)12(14,15)16/h3-4,7,18H,2,5-6H2,1H3,(H,17,19). The molecule has 0 fully saturated rings. The van der Waals surface area contributed by atoms with Gasteiger partial charge in [0.25, 0.3) is 0 Å². The minimum Gasteiger partial charge on any atom is -0.382 e. The van der Waals surface area contributed by atoms with Crippen molar-refractivity contribution >= 4 is 11.6 Å². The molecule has 1 amide bonds. The molecule has 0 bridgehead atoms. The molecule has 1 aromatic rings. The van der Waals surface area contributed by atoms with E-state index in [9.17, 15) is 22.4 Å². The summed E-state index contributed by atoms with van der Waals surface area (Å²) >= 11 is 0. The van der Waals surface area contributed by atoms with Gasteiger partial charge < -0.3 is 10.6 Å². The van der Waals surface area contributed by atoms with Gasteiger partial charge in [-0.3, -0.25) is 4.79 Å². The predicted octanol–water partition coefficient (Wildman–Crippen LogP) is 2.78. The van der Waals surface area contributed by atoms with Gasteiger partial charge in [-0.15, -0.1) is 0 Å². The Bertz CT molecular complexity index is 446. The van der Waals surface area contributed by atoms with E-state index in [0.29, 0.717) is 12.6 Å². The lowest BCUT2D eigenvalue weighted by Crippen LogP contribution is -2.24. The maximum absolute atomic E-state index is 13.4. The Morgan fingerprint density at radius 3 is 2.53 bits per heavy atom. The van der Waals surface area contributed by atoms with Crippen LogP contribution in [0.5, 0.6) is 0 Å². The van der Waals surface area contributed by atoms with E-state index in [1.807, 2.05) is 0 Å². The largest absolute Gasteiger partial charge is 0.416 e. The lowest BCUT2D eigenvalue weighted by molar-refractivity contribution is -0.137. The molecule has 0 heterocycles. The fraction of sp³-hybridized carbons (Fsp3) is 0.417. The fourth-order valence-corrected chi connectivity index (χ4v) is 1.43. The van der Waals surface area contributed by atoms with Gasteiger partial charge in [0.1, 0.15) is 5.82 Å². The number of benzene rings is 1. The van der Waals surface area contributed by atoms with E-state index in [1.165, 1.54) is 0 Å². The van der Waals surface area contributed by atoms with Crippen molar-refractivity contribution in [2.24, 2.45) is 0 Å². The van der Waals surface area contributed by atoms with Crippen LogP contribution in [0.2, 0.25) is 0 Å². The number of rotatable bonds is 5. The molecule has 3 nitrogen and oxygen atoms in total. The lowest BCUT2D eigenvalue weighted by atomic mass is 10.2. The van der Waals surface area contributed by atoms with Crippen molar-refractivity contribution in [1.29, 1.82) is 0 Å². The second kappa shape index (κ2) is 6.40. The van der Waals surface area contributed by atoms with Gasteiger partial charge in [0, 0.05) is 19.5 Å². The minimum absolute atomic E-state index is 0.0581. The number of alkyl halides is 3. The summed E-state index contributed by atoms with van der Waals surface area (Å²) in [6.45, 7) is 2.41. The third-order valence-electron chi connectivity index (χ3n) is 2.34. The molecule has 106 valence electrons. The summed E-state index contributed by atoms with van der Waals surface area (Å²) in [4.78, 5) is 11.1. The third-order valence-corrected chi connectivity index (χ3v) is 2.34. The highest BCUT2D eigenvalue weighted by Crippen LogP contribution is 2.31. The zero-order valence-corrected chi connectivity index (χ0v) is 10.3. The van der Waals surface area contributed by atoms with Gasteiger partial charge in [0.05, 0.1) is 11.3 Å². The summed E-state index contributed by atoms with van der Waals surface area (Å²) in [5.74, 6) is -1.20. The number of anilines is 1. The number of hydrogen-bond donors (Lipinski definition) is 2. The van der Waals surface area contributed by atoms with Gasteiger partial charge in [0.2, 0.25) is 5.91 Å². The average molecular weight is 278 g/mol. The van der Waals surface area contributed by atoms with Gasteiger partial charge in [0.15, 0.2) is 0 Å². The molecule has 0 saturated carbocycles. The van der Waals surface area contributed by atoms with Gasteiger partial charge in [-0.05, 0) is 25.1 Å². The van der Waals surface area contributed by atoms with Crippen molar-refractivity contribution in [2.75, 3.05) is 18.4 Å². The number of halogens is 4. The first-order valence-electron chi connectivity index (χ1n) is 5.72. The first-order chi connectivity index (χ1) is 8.84. The molecule has 0 unspecified atom stereocenters. The molecule has 0 aromatic heterocycles. The number of nitrogens with one attached hydrogen (secondary N) is 2. The van der Waals surface area contributed by atoms with Crippen LogP contribution in [-0.2, 0) is 11.0 Å². The maximum Gasteiger partial charge on any atom is 0.416 e. The first-order valence-corrected chi connectivity index (χ1v) is 5.72. The van der Waals surface area contributed by atoms with E-state index in [2.05, 4.69) is 10.6 Å². The monoisotopic (exact) mass is 278 g/mol. The molecule has 0 radical (unpaired) electrons. The Balaban J connectivity index is 2.58. The van der Waals surface area contributed by atoms with Crippen molar-refractivity contribution in [1.82, 2.24) is 5.32 Å². The van der Waals surface area contributed by atoms with E-state index in [-0.39, 0.29) is 24.6 Å². The summed E-state index contributed by atoms with van der Waals surface area (Å²) in [5.41, 5.74) is -1.10. The van der Waals surface area contributed by atoms with Crippen LogP contribution in [-0.4, -0.2) is 19.0 Å². The molecule has 1 aromatic carbocycles. The van der Waals surface area contributed by atoms with Crippen LogP contribution in [0.4, 0.5) is 23.2 Å². The van der Waals surface area contributed by atoms with Crippen LogP contribution in [0.15, 0.2) is 18.2 Å². The average Bonchev–Trinajstić information content (AvgIpc) is 2.30. The van der Waals surface area contributed by atoms with Crippen molar-refractivity contribution in [3.63, 3.8) is 0 Å². The second-order valence-corrected chi connectivity index (χ2v) is 3.82. The summed E-state index contributed by atoms with van der Waals surface area (Å²) in [6, 6.07) is 2.22. The molecule has 1 rings (SSSR count). The highest BCUT2D eigenvalue weighted by atomic mass is 19.4. The quantitative estimate of drug-likeness (QED) is 0.813. The van der Waals surface area contributed by atoms with E-state index in [1.54, 1.807) is 6.92 Å². The van der Waals surface area contributed by atoms with Gasteiger partial charge >= 0.3 is 6.18 Å². The zero-order valence-electron chi connectivity index (χ0n) is 10.3. The SMILES string of the molecule is CCNC(=O)CCNc1ccc(C(F)(F)F)cc1F. The lowest BCUT2D eigenvalue weighted by Gasteiger charge is -2.10. The van der Waals surface area contributed by atoms with Gasteiger partial charge in [-0.25, -0.2) is 4.39 Å². The van der Waals surface area contributed by atoms with E-state index in [4.69, 9.17) is 0 Å². The molecule has 0 aliphatic heterocycles. The van der Waals surface area contributed by atoms with Crippen molar-refractivity contribution in [3.8, 4) is 0 Å². The minimum atomic E-state index is -4.57. The Morgan fingerprint density at radius 2 is 2.00 bits per heavy atom. The molecule has 0 atom stereocenters. The number of hydrogen-bond acceptors (Lipinski definition) is 2. The van der Waals surface area contributed by atoms with Crippen molar-refractivity contribution < 1.29 is 22.4 Å². The molecule has 19 heavy (non-hydrogen) atoms. The van der Waals surface area contributed by atoms with Crippen LogP contribution in [0.3, 0.4) is 0 Å². The Kier molecular flexibility index (Phi) is 5.14. The second-order valence-electron chi connectivity index (χ2n) is 3.82. The Labute approximate surface area is 108 Å². The molecule has 0 aliphatic carbocycles. The van der Waals surface area contributed by atoms with Crippen molar-refractivity contribution in [3.05, 3.63) is 29.6 Å². The molecule has 2 N–H and O–H groups in total. The maximum atomic E-state index is 13.4. The van der Waals surface area contributed by atoms with E-state index >= 15 is 0 Å². The van der Waals surface area contributed by atoms with Crippen LogP contribution < -0.4 is 10.6 Å². The third kappa shape index (κ3) is 4.76. The summed E-state index contributed by atoms with van der Waals surface area (Å²) in [6.07, 6.45) is -4.45.